The molecule has 0 aliphatic heterocycles. The van der Waals surface area contributed by atoms with E-state index in [-0.39, 0.29) is 29.1 Å². The van der Waals surface area contributed by atoms with Gasteiger partial charge in [-0.25, -0.2) is 9.18 Å². The zero-order valence-corrected chi connectivity index (χ0v) is 13.2. The van der Waals surface area contributed by atoms with Crippen LogP contribution in [0.1, 0.15) is 24.8 Å². The third-order valence-corrected chi connectivity index (χ3v) is 4.45. The summed E-state index contributed by atoms with van der Waals surface area (Å²) in [6.45, 7) is 0. The molecular formula is C18H20FN3O2. The molecule has 0 bridgehead atoms. The number of benzene rings is 1. The summed E-state index contributed by atoms with van der Waals surface area (Å²) in [5, 5.41) is 5.54. The predicted molar refractivity (Wildman–Crippen MR) is 90.5 cm³/mol. The summed E-state index contributed by atoms with van der Waals surface area (Å²) < 4.78 is 13.0. The van der Waals surface area contributed by atoms with Gasteiger partial charge in [0.1, 0.15) is 11.5 Å². The van der Waals surface area contributed by atoms with Gasteiger partial charge in [0.25, 0.3) is 5.56 Å². The van der Waals surface area contributed by atoms with Crippen molar-refractivity contribution in [2.75, 3.05) is 5.32 Å². The van der Waals surface area contributed by atoms with Crippen molar-refractivity contribution in [3.8, 4) is 0 Å². The second kappa shape index (κ2) is 7.29. The molecule has 1 aromatic carbocycles. The van der Waals surface area contributed by atoms with Crippen LogP contribution in [0.4, 0.5) is 14.9 Å². The molecule has 0 radical (unpaired) electrons. The highest BCUT2D eigenvalue weighted by Crippen LogP contribution is 2.29. The molecule has 1 saturated carbocycles. The SMILES string of the molecule is O=C(Nc1ccc[nH]c1=O)N[C@@H]1CCC[C@@H]1Cc1ccc(F)cc1. The number of hydrogen-bond acceptors (Lipinski definition) is 2. The number of urea groups is 1. The van der Waals surface area contributed by atoms with Crippen molar-refractivity contribution in [1.29, 1.82) is 0 Å². The molecular weight excluding hydrogens is 309 g/mol. The molecule has 24 heavy (non-hydrogen) atoms. The summed E-state index contributed by atoms with van der Waals surface area (Å²) in [6, 6.07) is 9.39. The molecule has 126 valence electrons. The van der Waals surface area contributed by atoms with E-state index in [0.29, 0.717) is 5.92 Å². The molecule has 0 saturated heterocycles. The van der Waals surface area contributed by atoms with Crippen LogP contribution >= 0.6 is 0 Å². The van der Waals surface area contributed by atoms with Crippen molar-refractivity contribution in [2.45, 2.75) is 31.7 Å². The molecule has 0 spiro atoms. The van der Waals surface area contributed by atoms with E-state index in [4.69, 9.17) is 0 Å². The van der Waals surface area contributed by atoms with Gasteiger partial charge in [0.15, 0.2) is 0 Å². The first kappa shape index (κ1) is 16.2. The fourth-order valence-electron chi connectivity index (χ4n) is 3.24. The molecule has 6 heteroatoms. The predicted octanol–water partition coefficient (Wildman–Crippen LogP) is 3.05. The van der Waals surface area contributed by atoms with Gasteiger partial charge in [0, 0.05) is 12.2 Å². The summed E-state index contributed by atoms with van der Waals surface area (Å²) in [7, 11) is 0. The van der Waals surface area contributed by atoms with Crippen molar-refractivity contribution in [2.24, 2.45) is 5.92 Å². The van der Waals surface area contributed by atoms with Crippen molar-refractivity contribution in [1.82, 2.24) is 10.3 Å². The first-order valence-electron chi connectivity index (χ1n) is 8.11. The number of pyridine rings is 1. The van der Waals surface area contributed by atoms with E-state index < -0.39 is 0 Å². The lowest BCUT2D eigenvalue weighted by Gasteiger charge is -2.21. The first-order valence-corrected chi connectivity index (χ1v) is 8.11. The van der Waals surface area contributed by atoms with Gasteiger partial charge in [-0.15, -0.1) is 0 Å². The smallest absolute Gasteiger partial charge is 0.319 e. The largest absolute Gasteiger partial charge is 0.335 e. The fraction of sp³-hybridized carbons (Fsp3) is 0.333. The Morgan fingerprint density at radius 2 is 2.00 bits per heavy atom. The Morgan fingerprint density at radius 3 is 2.75 bits per heavy atom. The van der Waals surface area contributed by atoms with Gasteiger partial charge >= 0.3 is 6.03 Å². The van der Waals surface area contributed by atoms with Crippen LogP contribution in [0.3, 0.4) is 0 Å². The van der Waals surface area contributed by atoms with E-state index >= 15 is 0 Å². The molecule has 0 unspecified atom stereocenters. The summed E-state index contributed by atoms with van der Waals surface area (Å²) in [4.78, 5) is 26.3. The van der Waals surface area contributed by atoms with Crippen molar-refractivity contribution >= 4 is 11.7 Å². The number of carbonyl (C=O) groups is 1. The minimum Gasteiger partial charge on any atom is -0.335 e. The molecule has 3 rings (SSSR count). The third kappa shape index (κ3) is 4.01. The van der Waals surface area contributed by atoms with Gasteiger partial charge in [0.2, 0.25) is 0 Å². The van der Waals surface area contributed by atoms with Crippen molar-refractivity contribution in [3.05, 3.63) is 64.3 Å². The maximum Gasteiger partial charge on any atom is 0.319 e. The topological polar surface area (TPSA) is 74.0 Å². The van der Waals surface area contributed by atoms with E-state index in [2.05, 4.69) is 15.6 Å². The summed E-state index contributed by atoms with van der Waals surface area (Å²) >= 11 is 0. The zero-order valence-electron chi connectivity index (χ0n) is 13.2. The fourth-order valence-corrected chi connectivity index (χ4v) is 3.24. The molecule has 1 aliphatic carbocycles. The summed E-state index contributed by atoms with van der Waals surface area (Å²) in [5.41, 5.74) is 0.958. The number of carbonyl (C=O) groups excluding carboxylic acids is 1. The van der Waals surface area contributed by atoms with Gasteiger partial charge in [-0.2, -0.15) is 0 Å². The van der Waals surface area contributed by atoms with Gasteiger partial charge < -0.3 is 15.6 Å². The van der Waals surface area contributed by atoms with Gasteiger partial charge in [0.05, 0.1) is 0 Å². The molecule has 2 atom stereocenters. The normalized spacial score (nSPS) is 19.9. The van der Waals surface area contributed by atoms with Crippen LogP contribution in [0.15, 0.2) is 47.4 Å². The number of nitrogens with one attached hydrogen (secondary N) is 3. The molecule has 1 aromatic heterocycles. The average molecular weight is 329 g/mol. The lowest BCUT2D eigenvalue weighted by atomic mass is 9.94. The van der Waals surface area contributed by atoms with Crippen molar-refractivity contribution < 1.29 is 9.18 Å². The number of aromatic nitrogens is 1. The summed E-state index contributed by atoms with van der Waals surface area (Å²) in [6.07, 6.45) is 5.29. The van der Waals surface area contributed by atoms with Crippen LogP contribution < -0.4 is 16.2 Å². The van der Waals surface area contributed by atoms with Gasteiger partial charge in [-0.3, -0.25) is 4.79 Å². The van der Waals surface area contributed by atoms with E-state index in [0.717, 1.165) is 31.2 Å². The Balaban J connectivity index is 1.59. The Labute approximate surface area is 139 Å². The highest BCUT2D eigenvalue weighted by molar-refractivity contribution is 5.89. The average Bonchev–Trinajstić information content (AvgIpc) is 2.98. The molecule has 1 aliphatic rings. The highest BCUT2D eigenvalue weighted by atomic mass is 19.1. The van der Waals surface area contributed by atoms with E-state index in [9.17, 15) is 14.0 Å². The maximum atomic E-state index is 13.0. The molecule has 1 heterocycles. The zero-order chi connectivity index (χ0) is 16.9. The molecule has 2 amide bonds. The van der Waals surface area contributed by atoms with Crippen molar-refractivity contribution in [3.63, 3.8) is 0 Å². The molecule has 1 fully saturated rings. The summed E-state index contributed by atoms with van der Waals surface area (Å²) in [5.74, 6) is 0.0718. The molecule has 3 N–H and O–H groups in total. The van der Waals surface area contributed by atoms with Crippen LogP contribution in [0.25, 0.3) is 0 Å². The minimum atomic E-state index is -0.372. The second-order valence-electron chi connectivity index (χ2n) is 6.14. The first-order chi connectivity index (χ1) is 11.6. The van der Waals surface area contributed by atoms with E-state index in [1.165, 1.54) is 18.3 Å². The lowest BCUT2D eigenvalue weighted by molar-refractivity contribution is 0.245. The number of rotatable bonds is 4. The highest BCUT2D eigenvalue weighted by Gasteiger charge is 2.28. The number of amides is 2. The number of aromatic amines is 1. The number of halogens is 1. The third-order valence-electron chi connectivity index (χ3n) is 4.45. The Bertz CT molecular complexity index is 757. The number of H-pyrrole nitrogens is 1. The monoisotopic (exact) mass is 329 g/mol. The maximum absolute atomic E-state index is 13.0. The minimum absolute atomic E-state index is 0.0536. The number of hydrogen-bond donors (Lipinski definition) is 3. The van der Waals surface area contributed by atoms with Crippen LogP contribution in [-0.4, -0.2) is 17.1 Å². The number of anilines is 1. The van der Waals surface area contributed by atoms with Gasteiger partial charge in [-0.1, -0.05) is 18.6 Å². The molecule has 5 nitrogen and oxygen atoms in total. The Kier molecular flexibility index (Phi) is 4.93. The van der Waals surface area contributed by atoms with E-state index in [1.807, 2.05) is 0 Å². The standard InChI is InChI=1S/C18H20FN3O2/c19-14-8-6-12(7-9-14)11-13-3-1-4-15(13)21-18(24)22-16-5-2-10-20-17(16)23/h2,5-10,13,15H,1,3-4,11H2,(H,20,23)(H2,21,22,24)/t13-,15-/m1/s1. The van der Waals surface area contributed by atoms with Gasteiger partial charge in [-0.05, 0) is 55.0 Å². The van der Waals surface area contributed by atoms with Crippen LogP contribution in [0.2, 0.25) is 0 Å². The Hall–Kier alpha value is -2.63. The van der Waals surface area contributed by atoms with Crippen LogP contribution in [-0.2, 0) is 6.42 Å². The second-order valence-corrected chi connectivity index (χ2v) is 6.14. The van der Waals surface area contributed by atoms with E-state index in [1.54, 1.807) is 24.3 Å². The quantitative estimate of drug-likeness (QED) is 0.806. The molecule has 2 aromatic rings. The van der Waals surface area contributed by atoms with Crippen LogP contribution in [0.5, 0.6) is 0 Å². The van der Waals surface area contributed by atoms with Crippen LogP contribution in [0, 0.1) is 11.7 Å². The lowest BCUT2D eigenvalue weighted by Crippen LogP contribution is -2.41. The Morgan fingerprint density at radius 1 is 1.21 bits per heavy atom.